The molecule has 26 heteroatoms. The van der Waals surface area contributed by atoms with Gasteiger partial charge in [0.15, 0.2) is 0 Å². The Balaban J connectivity index is 0.699. The van der Waals surface area contributed by atoms with Crippen molar-refractivity contribution in [2.75, 3.05) is 53.6 Å². The number of likely N-dealkylation sites (tertiary alicyclic amines) is 2. The van der Waals surface area contributed by atoms with E-state index in [1.54, 1.807) is 61.8 Å². The molecule has 0 spiro atoms. The number of hydrogen-bond acceptors (Lipinski definition) is 18. The van der Waals surface area contributed by atoms with Crippen LogP contribution < -0.4 is 20.1 Å². The maximum absolute atomic E-state index is 14.9. The van der Waals surface area contributed by atoms with E-state index in [1.165, 1.54) is 33.3 Å². The largest absolute Gasteiger partial charge is 0.448 e. The molecule has 2 saturated heterocycles. The molecule has 8 atom stereocenters. The number of hydrogen-bond donors (Lipinski definition) is 2. The number of fused-ring (bicyclic) bond motifs is 6. The predicted octanol–water partition coefficient (Wildman–Crippen LogP) is 8.25. The second kappa shape index (κ2) is 32.7. The first-order valence-corrected chi connectivity index (χ1v) is 34.2. The van der Waals surface area contributed by atoms with Gasteiger partial charge in [-0.2, -0.15) is 9.36 Å². The monoisotopic (exact) mass is 1380 g/mol. The van der Waals surface area contributed by atoms with Gasteiger partial charge in [0.25, 0.3) is 0 Å². The van der Waals surface area contributed by atoms with Crippen LogP contribution in [0, 0.1) is 23.7 Å². The third kappa shape index (κ3) is 16.1. The molecule has 26 nitrogen and oxygen atoms in total. The Morgan fingerprint density at radius 3 is 1.20 bits per heavy atom. The molecule has 4 aliphatic rings. The average molecular weight is 1380 g/mol. The fourth-order valence-electron chi connectivity index (χ4n) is 13.4. The normalized spacial score (nSPS) is 16.7. The molecule has 6 aromatic carbocycles. The summed E-state index contributed by atoms with van der Waals surface area (Å²) in [5.74, 6) is 9.76. The Hall–Kier alpha value is -11.5. The van der Waals surface area contributed by atoms with Crippen molar-refractivity contribution in [2.45, 2.75) is 127 Å². The molecule has 4 heterocycles. The van der Waals surface area contributed by atoms with E-state index in [9.17, 15) is 28.8 Å². The number of carbonyl (C=O) groups excluding carboxylic acids is 6. The summed E-state index contributed by atoms with van der Waals surface area (Å²) < 4.78 is 39.2. The van der Waals surface area contributed by atoms with E-state index in [4.69, 9.17) is 28.4 Å². The zero-order valence-electron chi connectivity index (χ0n) is 57.5. The number of nitrogens with zero attached hydrogens (tertiary/aromatic N) is 12. The Morgan fingerprint density at radius 2 is 0.833 bits per heavy atom. The molecule has 2 unspecified atom stereocenters. The number of rotatable bonds is 26. The van der Waals surface area contributed by atoms with E-state index in [0.29, 0.717) is 50.3 Å². The quantitative estimate of drug-likeness (QED) is 0.0482. The number of carbonyl (C=O) groups is 6. The van der Waals surface area contributed by atoms with Gasteiger partial charge in [-0.05, 0) is 155 Å². The lowest BCUT2D eigenvalue weighted by molar-refractivity contribution is -0.142. The fraction of sp³-hybridized carbons (Fsp3) is 0.368. The van der Waals surface area contributed by atoms with Crippen molar-refractivity contribution in [2.24, 2.45) is 0 Å². The molecule has 2 aliphatic carbocycles. The van der Waals surface area contributed by atoms with Crippen molar-refractivity contribution in [3.8, 4) is 69.5 Å². The van der Waals surface area contributed by atoms with E-state index in [2.05, 4.69) is 65.4 Å². The second-order valence-corrected chi connectivity index (χ2v) is 25.6. The minimum absolute atomic E-state index is 0.0406. The van der Waals surface area contributed by atoms with Gasteiger partial charge in [0.05, 0.1) is 37.4 Å². The smallest absolute Gasteiger partial charge is 0.410 e. The first kappa shape index (κ1) is 70.4. The lowest BCUT2D eigenvalue weighted by atomic mass is 9.98. The van der Waals surface area contributed by atoms with Gasteiger partial charge in [0.1, 0.15) is 62.1 Å². The molecule has 0 saturated carbocycles. The van der Waals surface area contributed by atoms with Crippen LogP contribution in [0.25, 0.3) is 22.3 Å². The molecule has 2 N–H and O–H groups in total. The molecule has 2 fully saturated rings. The first-order valence-electron chi connectivity index (χ1n) is 34.2. The third-order valence-corrected chi connectivity index (χ3v) is 19.3. The maximum Gasteiger partial charge on any atom is 0.410 e. The van der Waals surface area contributed by atoms with Crippen LogP contribution in [0.15, 0.2) is 158 Å². The van der Waals surface area contributed by atoms with Crippen molar-refractivity contribution in [1.82, 2.24) is 70.6 Å². The highest BCUT2D eigenvalue weighted by molar-refractivity contribution is 5.93. The van der Waals surface area contributed by atoms with Crippen molar-refractivity contribution in [1.29, 1.82) is 0 Å². The van der Waals surface area contributed by atoms with Gasteiger partial charge < -0.3 is 48.9 Å². The molecule has 2 aromatic heterocycles. The number of nitrogens with one attached hydrogen (secondary N) is 2. The Morgan fingerprint density at radius 1 is 0.490 bits per heavy atom. The highest BCUT2D eigenvalue weighted by atomic mass is 16.6. The zero-order valence-corrected chi connectivity index (χ0v) is 57.5. The Labute approximate surface area is 590 Å². The number of tetrazole rings is 2. The maximum atomic E-state index is 14.9. The number of ether oxygens (including phenoxy) is 6. The molecule has 6 amide bonds. The minimum Gasteiger partial charge on any atom is -0.448 e. The predicted molar refractivity (Wildman–Crippen MR) is 373 cm³/mol. The molecule has 0 bridgehead atoms. The molecule has 526 valence electrons. The molecular formula is C76H80N14O12. The van der Waals surface area contributed by atoms with Gasteiger partial charge >= 0.3 is 24.2 Å². The Kier molecular flexibility index (Phi) is 22.5. The van der Waals surface area contributed by atoms with E-state index in [0.717, 1.165) is 44.5 Å². The number of aromatic nitrogens is 8. The number of likely N-dealkylation sites (N-methyl/N-ethyl adjacent to an activating group) is 2. The van der Waals surface area contributed by atoms with Gasteiger partial charge in [0, 0.05) is 39.0 Å². The summed E-state index contributed by atoms with van der Waals surface area (Å²) in [5, 5.41) is 30.0. The summed E-state index contributed by atoms with van der Waals surface area (Å²) in [7, 11) is 2.94. The van der Waals surface area contributed by atoms with Gasteiger partial charge in [-0.25, -0.2) is 9.59 Å². The lowest BCUT2D eigenvalue weighted by Gasteiger charge is -2.33. The van der Waals surface area contributed by atoms with Crippen LogP contribution in [0.4, 0.5) is 9.59 Å². The summed E-state index contributed by atoms with van der Waals surface area (Å²) in [5.41, 5.74) is 8.46. The SMILES string of the molecule is C[C@@H](OCC#CC#CCO[C@H](C)C(NC(=O)[C@H](C)N(C)C(=O)OCC1c2ccccc2-c2ccccc21)C(=O)N1CCC[C@H]1Cn1nnnc1Oc1ccccc1)C(NC(=O)[C@H](C)N(C)C(=O)OCC1c2ccccc2-c2ccccc21)C(=O)N1CCC[C@H]1Cn1nnnc1Oc1ccccc1. The zero-order chi connectivity index (χ0) is 71.2. The fourth-order valence-corrected chi connectivity index (χ4v) is 13.4. The third-order valence-electron chi connectivity index (χ3n) is 19.3. The van der Waals surface area contributed by atoms with Gasteiger partial charge in [-0.1, -0.05) is 155 Å². The lowest BCUT2D eigenvalue weighted by Crippen LogP contribution is -2.58. The number of amides is 6. The molecular weight excluding hydrogens is 1300 g/mol. The van der Waals surface area contributed by atoms with E-state index in [1.807, 2.05) is 133 Å². The minimum atomic E-state index is -1.26. The summed E-state index contributed by atoms with van der Waals surface area (Å²) in [6, 6.07) is 44.9. The highest BCUT2D eigenvalue weighted by Crippen LogP contribution is 2.46. The average Bonchev–Trinajstić information content (AvgIpc) is 1.62. The van der Waals surface area contributed by atoms with E-state index < -0.39 is 84.3 Å². The highest BCUT2D eigenvalue weighted by Gasteiger charge is 2.42. The van der Waals surface area contributed by atoms with Crippen LogP contribution in [0.1, 0.15) is 87.5 Å². The molecule has 8 aromatic rings. The summed E-state index contributed by atoms with van der Waals surface area (Å²) >= 11 is 0. The van der Waals surface area contributed by atoms with Crippen molar-refractivity contribution >= 4 is 35.8 Å². The molecule has 102 heavy (non-hydrogen) atoms. The van der Waals surface area contributed by atoms with E-state index in [-0.39, 0.29) is 63.4 Å². The van der Waals surface area contributed by atoms with Crippen molar-refractivity contribution in [3.05, 3.63) is 180 Å². The number of benzene rings is 6. The van der Waals surface area contributed by atoms with Crippen LogP contribution in [0.3, 0.4) is 0 Å². The van der Waals surface area contributed by atoms with Crippen LogP contribution >= 0.6 is 0 Å². The standard InChI is InChI=1S/C76H80N14O12/c1-49(85(5)75(95)99-47-65-61-37-19-15-33-57(61)58-34-16-20-38-62(58)65)69(91)77-67(71(93)87-41-25-27-53(87)45-89-73(79-81-83-89)101-55-29-11-9-12-30-55)51(3)97-43-23-7-8-24-44-98-52(4)68(72(94)88-42-26-28-54(88)46-90-74(80-82-84-90)102-56-31-13-10-14-32-56)78-70(92)50(2)86(6)76(96)100-48-66-63-39-21-17-35-59(63)60-36-18-22-40-64(60)66/h9-22,29-40,49-54,65-68H,25-28,41-48H2,1-6H3,(H,77,91)(H,78,92)/t49-,50-,51+,52+,53-,54-,67?,68?/m0/s1. The summed E-state index contributed by atoms with van der Waals surface area (Å²) in [6.45, 7) is 7.14. The van der Waals surface area contributed by atoms with Crippen LogP contribution in [-0.2, 0) is 51.2 Å². The number of para-hydroxylation sites is 2. The molecule has 2 aliphatic heterocycles. The van der Waals surface area contributed by atoms with Crippen LogP contribution in [0.2, 0.25) is 0 Å². The van der Waals surface area contributed by atoms with Crippen molar-refractivity contribution < 1.29 is 57.2 Å². The summed E-state index contributed by atoms with van der Waals surface area (Å²) in [4.78, 5) is 91.9. The molecule has 12 rings (SSSR count). The van der Waals surface area contributed by atoms with Crippen molar-refractivity contribution in [3.63, 3.8) is 0 Å². The second-order valence-electron chi connectivity index (χ2n) is 25.6. The van der Waals surface area contributed by atoms with Gasteiger partial charge in [-0.15, -0.1) is 0 Å². The van der Waals surface area contributed by atoms with Crippen LogP contribution in [-0.4, -0.2) is 198 Å². The first-order chi connectivity index (χ1) is 49.6. The van der Waals surface area contributed by atoms with Crippen LogP contribution in [0.5, 0.6) is 23.5 Å². The van der Waals surface area contributed by atoms with Gasteiger partial charge in [0.2, 0.25) is 23.6 Å². The molecule has 0 radical (unpaired) electrons. The topological polar surface area (TPSA) is 282 Å². The van der Waals surface area contributed by atoms with Gasteiger partial charge in [-0.3, -0.25) is 29.0 Å². The summed E-state index contributed by atoms with van der Waals surface area (Å²) in [6.07, 6.45) is -0.877. The Bertz CT molecular complexity index is 4070. The van der Waals surface area contributed by atoms with E-state index >= 15 is 0 Å².